The van der Waals surface area contributed by atoms with Crippen molar-refractivity contribution in [3.05, 3.63) is 18.0 Å². The largest absolute Gasteiger partial charge is 0.273 e. The van der Waals surface area contributed by atoms with Gasteiger partial charge in [-0.25, -0.2) is 0 Å². The Labute approximate surface area is 71.2 Å². The van der Waals surface area contributed by atoms with E-state index in [1.165, 1.54) is 5.56 Å². The second-order valence-corrected chi connectivity index (χ2v) is 3.77. The highest BCUT2D eigenvalue weighted by Gasteiger charge is 2.43. The van der Waals surface area contributed by atoms with Crippen LogP contribution in [0.25, 0.3) is 0 Å². The van der Waals surface area contributed by atoms with Crippen LogP contribution in [0.15, 0.2) is 12.4 Å². The van der Waals surface area contributed by atoms with Gasteiger partial charge >= 0.3 is 0 Å². The summed E-state index contributed by atoms with van der Waals surface area (Å²) in [6.45, 7) is 3.00. The van der Waals surface area contributed by atoms with E-state index in [1.807, 2.05) is 17.1 Å². The molecule has 1 aromatic rings. The summed E-state index contributed by atoms with van der Waals surface area (Å²) >= 11 is 6.19. The molecule has 3 heteroatoms. The van der Waals surface area contributed by atoms with Crippen LogP contribution in [-0.2, 0) is 11.4 Å². The third-order valence-electron chi connectivity index (χ3n) is 2.16. The van der Waals surface area contributed by atoms with Gasteiger partial charge in [0.25, 0.3) is 0 Å². The van der Waals surface area contributed by atoms with E-state index in [9.17, 15) is 0 Å². The Morgan fingerprint density at radius 2 is 2.45 bits per heavy atom. The molecule has 1 aliphatic rings. The highest BCUT2D eigenvalue weighted by atomic mass is 35.5. The van der Waals surface area contributed by atoms with E-state index in [4.69, 9.17) is 11.6 Å². The molecule has 0 amide bonds. The van der Waals surface area contributed by atoms with Gasteiger partial charge in [0.2, 0.25) is 0 Å². The minimum atomic E-state index is -0.0482. The number of hydrogen-bond acceptors (Lipinski definition) is 1. The van der Waals surface area contributed by atoms with Crippen LogP contribution in [0.2, 0.25) is 0 Å². The minimum absolute atomic E-state index is 0.0482. The van der Waals surface area contributed by atoms with Crippen molar-refractivity contribution in [3.8, 4) is 0 Å². The Bertz CT molecular complexity index is 263. The van der Waals surface area contributed by atoms with Crippen molar-refractivity contribution in [2.75, 3.05) is 0 Å². The molecule has 1 saturated carbocycles. The predicted octanol–water partition coefficient (Wildman–Crippen LogP) is 2.13. The quantitative estimate of drug-likeness (QED) is 0.622. The average molecular weight is 171 g/mol. The molecule has 0 atom stereocenters. The van der Waals surface area contributed by atoms with Crippen LogP contribution in [0.3, 0.4) is 0 Å². The van der Waals surface area contributed by atoms with Gasteiger partial charge in [0.15, 0.2) is 0 Å². The number of aromatic nitrogens is 2. The molecule has 1 aliphatic carbocycles. The first-order valence-corrected chi connectivity index (χ1v) is 4.34. The first-order valence-electron chi connectivity index (χ1n) is 3.96. The van der Waals surface area contributed by atoms with Crippen molar-refractivity contribution >= 4 is 11.6 Å². The summed E-state index contributed by atoms with van der Waals surface area (Å²) in [7, 11) is 0. The van der Waals surface area contributed by atoms with Crippen LogP contribution < -0.4 is 0 Å². The molecule has 1 aromatic heterocycles. The van der Waals surface area contributed by atoms with Gasteiger partial charge in [-0.2, -0.15) is 5.10 Å². The fourth-order valence-corrected chi connectivity index (χ4v) is 1.36. The molecule has 0 N–H and O–H groups in total. The molecule has 0 radical (unpaired) electrons. The maximum Gasteiger partial charge on any atom is 0.0727 e. The number of nitrogens with zero attached hydrogens (tertiary/aromatic N) is 2. The summed E-state index contributed by atoms with van der Waals surface area (Å²) in [6, 6.07) is 0. The zero-order valence-electron chi connectivity index (χ0n) is 6.55. The molecule has 0 saturated heterocycles. The zero-order valence-corrected chi connectivity index (χ0v) is 7.30. The van der Waals surface area contributed by atoms with Gasteiger partial charge in [-0.15, -0.1) is 11.6 Å². The van der Waals surface area contributed by atoms with Gasteiger partial charge in [0.1, 0.15) is 0 Å². The zero-order chi connectivity index (χ0) is 7.90. The molecule has 0 aromatic carbocycles. The Kier molecular flexibility index (Phi) is 1.46. The van der Waals surface area contributed by atoms with Gasteiger partial charge < -0.3 is 0 Å². The van der Waals surface area contributed by atoms with Crippen LogP contribution in [0.1, 0.15) is 25.3 Å². The van der Waals surface area contributed by atoms with Gasteiger partial charge in [0.05, 0.1) is 11.1 Å². The maximum atomic E-state index is 6.19. The molecule has 0 spiro atoms. The summed E-state index contributed by atoms with van der Waals surface area (Å²) in [6.07, 6.45) is 6.12. The predicted molar refractivity (Wildman–Crippen MR) is 44.7 cm³/mol. The lowest BCUT2D eigenvalue weighted by Crippen LogP contribution is -1.95. The second kappa shape index (κ2) is 2.24. The molecule has 0 bridgehead atoms. The Morgan fingerprint density at radius 1 is 1.73 bits per heavy atom. The van der Waals surface area contributed by atoms with Crippen molar-refractivity contribution in [1.82, 2.24) is 9.78 Å². The number of halogens is 1. The third-order valence-corrected chi connectivity index (χ3v) is 2.76. The van der Waals surface area contributed by atoms with Crippen LogP contribution in [0.4, 0.5) is 0 Å². The third kappa shape index (κ3) is 1.16. The topological polar surface area (TPSA) is 17.8 Å². The summed E-state index contributed by atoms with van der Waals surface area (Å²) in [5.74, 6) is 0. The molecule has 11 heavy (non-hydrogen) atoms. The van der Waals surface area contributed by atoms with E-state index in [2.05, 4.69) is 12.0 Å². The highest BCUT2D eigenvalue weighted by molar-refractivity contribution is 6.25. The fraction of sp³-hybridized carbons (Fsp3) is 0.625. The van der Waals surface area contributed by atoms with Crippen molar-refractivity contribution < 1.29 is 0 Å². The molecule has 0 aliphatic heterocycles. The first kappa shape index (κ1) is 7.17. The van der Waals surface area contributed by atoms with E-state index in [0.717, 1.165) is 19.4 Å². The van der Waals surface area contributed by atoms with Crippen molar-refractivity contribution in [3.63, 3.8) is 0 Å². The lowest BCUT2D eigenvalue weighted by atomic mass is 10.2. The summed E-state index contributed by atoms with van der Waals surface area (Å²) in [5, 5.41) is 4.17. The fourth-order valence-electron chi connectivity index (χ4n) is 1.17. The number of aryl methyl sites for hydroxylation is 1. The molecular formula is C8H11ClN2. The minimum Gasteiger partial charge on any atom is -0.273 e. The molecule has 1 fully saturated rings. The monoisotopic (exact) mass is 170 g/mol. The van der Waals surface area contributed by atoms with E-state index in [1.54, 1.807) is 0 Å². The van der Waals surface area contributed by atoms with Crippen LogP contribution in [0.5, 0.6) is 0 Å². The van der Waals surface area contributed by atoms with Crippen molar-refractivity contribution in [1.29, 1.82) is 0 Å². The SMILES string of the molecule is CCn1cc(C2(Cl)CC2)cn1. The number of alkyl halides is 1. The lowest BCUT2D eigenvalue weighted by Gasteiger charge is -1.98. The summed E-state index contributed by atoms with van der Waals surface area (Å²) in [5.41, 5.74) is 1.18. The number of rotatable bonds is 2. The highest BCUT2D eigenvalue weighted by Crippen LogP contribution is 2.51. The average Bonchev–Trinajstić information content (AvgIpc) is 2.61. The summed E-state index contributed by atoms with van der Waals surface area (Å²) in [4.78, 5) is -0.0482. The standard InChI is InChI=1S/C8H11ClN2/c1-2-11-6-7(5-10-11)8(9)3-4-8/h5-6H,2-4H2,1H3. The Morgan fingerprint density at radius 3 is 2.91 bits per heavy atom. The van der Waals surface area contributed by atoms with E-state index in [0.29, 0.717) is 0 Å². The number of hydrogen-bond donors (Lipinski definition) is 0. The molecule has 0 unspecified atom stereocenters. The van der Waals surface area contributed by atoms with Crippen LogP contribution in [0, 0.1) is 0 Å². The molecule has 2 nitrogen and oxygen atoms in total. The Hall–Kier alpha value is -0.500. The van der Waals surface area contributed by atoms with E-state index >= 15 is 0 Å². The molecule has 1 heterocycles. The summed E-state index contributed by atoms with van der Waals surface area (Å²) < 4.78 is 1.91. The van der Waals surface area contributed by atoms with Crippen LogP contribution >= 0.6 is 11.6 Å². The van der Waals surface area contributed by atoms with Crippen molar-refractivity contribution in [2.24, 2.45) is 0 Å². The van der Waals surface area contributed by atoms with Gasteiger partial charge in [-0.05, 0) is 19.8 Å². The smallest absolute Gasteiger partial charge is 0.0727 e. The Balaban J connectivity index is 2.25. The van der Waals surface area contributed by atoms with Gasteiger partial charge in [-0.3, -0.25) is 4.68 Å². The maximum absolute atomic E-state index is 6.19. The first-order chi connectivity index (χ1) is 5.24. The second-order valence-electron chi connectivity index (χ2n) is 3.05. The lowest BCUT2D eigenvalue weighted by molar-refractivity contribution is 0.659. The van der Waals surface area contributed by atoms with Gasteiger partial charge in [-0.1, -0.05) is 0 Å². The molecule has 60 valence electrons. The molecular weight excluding hydrogens is 160 g/mol. The van der Waals surface area contributed by atoms with E-state index in [-0.39, 0.29) is 4.87 Å². The van der Waals surface area contributed by atoms with E-state index < -0.39 is 0 Å². The van der Waals surface area contributed by atoms with Crippen molar-refractivity contribution in [2.45, 2.75) is 31.2 Å². The van der Waals surface area contributed by atoms with Crippen LogP contribution in [-0.4, -0.2) is 9.78 Å². The molecule has 2 rings (SSSR count). The van der Waals surface area contributed by atoms with Gasteiger partial charge in [0, 0.05) is 18.3 Å². The normalized spacial score (nSPS) is 20.2.